The van der Waals surface area contributed by atoms with Crippen LogP contribution in [-0.2, 0) is 25.2 Å². The summed E-state index contributed by atoms with van der Waals surface area (Å²) in [6, 6.07) is 7.46. The number of likely N-dealkylation sites (N-methyl/N-ethyl adjacent to an activating group) is 1. The zero-order valence-electron chi connectivity index (χ0n) is 14.9. The van der Waals surface area contributed by atoms with Crippen molar-refractivity contribution in [3.8, 4) is 0 Å². The maximum absolute atomic E-state index is 12.3. The van der Waals surface area contributed by atoms with Crippen LogP contribution in [0.3, 0.4) is 0 Å². The van der Waals surface area contributed by atoms with Gasteiger partial charge in [-0.15, -0.1) is 5.48 Å². The summed E-state index contributed by atoms with van der Waals surface area (Å²) in [6.07, 6.45) is 3.09. The number of sulfonamides is 1. The van der Waals surface area contributed by atoms with Crippen LogP contribution in [0.1, 0.15) is 37.8 Å². The third kappa shape index (κ3) is 4.02. The Labute approximate surface area is 148 Å². The highest BCUT2D eigenvalue weighted by Gasteiger charge is 2.41. The molecular formula is C17H25N3O4S. The number of carbonyl (C=O) groups is 1. The summed E-state index contributed by atoms with van der Waals surface area (Å²) < 4.78 is 26.3. The lowest BCUT2D eigenvalue weighted by Gasteiger charge is -2.25. The van der Waals surface area contributed by atoms with Crippen molar-refractivity contribution in [3.63, 3.8) is 0 Å². The minimum absolute atomic E-state index is 0.00172. The number of rotatable bonds is 7. The lowest BCUT2D eigenvalue weighted by Crippen LogP contribution is -2.49. The molecule has 1 aromatic carbocycles. The molecule has 1 aromatic rings. The standard InChI is InChI=1S/C17H25N3O4S/c1-12(2)25(22,23)19-11-13(3)14-5-7-15(8-6-14)17(16(21)18-4)9-10-24-20-17/h5-10,12-13,19-20H,11H2,1-4H3,(H,18,21). The van der Waals surface area contributed by atoms with Crippen molar-refractivity contribution in [2.75, 3.05) is 13.6 Å². The molecule has 2 atom stereocenters. The van der Waals surface area contributed by atoms with E-state index < -0.39 is 20.8 Å². The first kappa shape index (κ1) is 19.4. The molecule has 8 heteroatoms. The van der Waals surface area contributed by atoms with Gasteiger partial charge in [-0.2, -0.15) is 0 Å². The first-order valence-corrected chi connectivity index (χ1v) is 9.69. The maximum atomic E-state index is 12.3. The highest BCUT2D eigenvalue weighted by atomic mass is 32.2. The van der Waals surface area contributed by atoms with Crippen molar-refractivity contribution in [2.24, 2.45) is 0 Å². The highest BCUT2D eigenvalue weighted by Crippen LogP contribution is 2.28. The van der Waals surface area contributed by atoms with Gasteiger partial charge in [0.25, 0.3) is 5.91 Å². The molecule has 1 heterocycles. The van der Waals surface area contributed by atoms with E-state index in [1.54, 1.807) is 27.0 Å². The van der Waals surface area contributed by atoms with E-state index in [1.807, 2.05) is 31.2 Å². The molecule has 0 fully saturated rings. The van der Waals surface area contributed by atoms with Gasteiger partial charge in [0.05, 0.1) is 5.25 Å². The van der Waals surface area contributed by atoms with Crippen LogP contribution in [0.15, 0.2) is 36.6 Å². The molecule has 0 saturated carbocycles. The van der Waals surface area contributed by atoms with Crippen LogP contribution in [0.5, 0.6) is 0 Å². The molecule has 0 spiro atoms. The SMILES string of the molecule is CNC(=O)C1(c2ccc(C(C)CNS(=O)(=O)C(C)C)cc2)C=CON1. The molecule has 0 bridgehead atoms. The van der Waals surface area contributed by atoms with E-state index in [2.05, 4.69) is 15.5 Å². The summed E-state index contributed by atoms with van der Waals surface area (Å²) in [5.74, 6) is -0.228. The smallest absolute Gasteiger partial charge is 0.252 e. The minimum atomic E-state index is -3.29. The van der Waals surface area contributed by atoms with E-state index in [0.717, 1.165) is 11.1 Å². The Hall–Kier alpha value is -1.90. The summed E-state index contributed by atoms with van der Waals surface area (Å²) in [5.41, 5.74) is 3.38. The zero-order chi connectivity index (χ0) is 18.7. The average Bonchev–Trinajstić information content (AvgIpc) is 3.10. The van der Waals surface area contributed by atoms with Gasteiger partial charge < -0.3 is 10.2 Å². The van der Waals surface area contributed by atoms with Gasteiger partial charge in [-0.05, 0) is 37.0 Å². The Morgan fingerprint density at radius 2 is 1.88 bits per heavy atom. The van der Waals surface area contributed by atoms with Crippen molar-refractivity contribution >= 4 is 15.9 Å². The van der Waals surface area contributed by atoms with Crippen LogP contribution in [0, 0.1) is 0 Å². The monoisotopic (exact) mass is 367 g/mol. The van der Waals surface area contributed by atoms with Crippen LogP contribution in [0.25, 0.3) is 0 Å². The second-order valence-corrected chi connectivity index (χ2v) is 8.70. The summed E-state index contributed by atoms with van der Waals surface area (Å²) >= 11 is 0. The van der Waals surface area contributed by atoms with Gasteiger partial charge in [-0.1, -0.05) is 31.2 Å². The van der Waals surface area contributed by atoms with E-state index in [1.165, 1.54) is 6.26 Å². The summed E-state index contributed by atoms with van der Waals surface area (Å²) in [7, 11) is -1.72. The molecule has 0 radical (unpaired) electrons. The number of nitrogens with one attached hydrogen (secondary N) is 3. The van der Waals surface area contributed by atoms with Gasteiger partial charge in [0.1, 0.15) is 6.26 Å². The quantitative estimate of drug-likeness (QED) is 0.671. The first-order valence-electron chi connectivity index (χ1n) is 8.14. The van der Waals surface area contributed by atoms with E-state index in [9.17, 15) is 13.2 Å². The van der Waals surface area contributed by atoms with Crippen molar-refractivity contribution in [1.29, 1.82) is 0 Å². The van der Waals surface area contributed by atoms with E-state index in [-0.39, 0.29) is 11.8 Å². The molecule has 1 aliphatic rings. The van der Waals surface area contributed by atoms with Crippen LogP contribution < -0.4 is 15.5 Å². The number of benzene rings is 1. The van der Waals surface area contributed by atoms with Crippen LogP contribution >= 0.6 is 0 Å². The van der Waals surface area contributed by atoms with E-state index in [0.29, 0.717) is 6.54 Å². The number of hydroxylamine groups is 1. The van der Waals surface area contributed by atoms with E-state index in [4.69, 9.17) is 4.84 Å². The van der Waals surface area contributed by atoms with Crippen LogP contribution in [-0.4, -0.2) is 33.2 Å². The first-order chi connectivity index (χ1) is 11.7. The molecule has 3 N–H and O–H groups in total. The zero-order valence-corrected chi connectivity index (χ0v) is 15.7. The van der Waals surface area contributed by atoms with Crippen molar-refractivity contribution in [2.45, 2.75) is 37.5 Å². The number of hydrogen-bond acceptors (Lipinski definition) is 5. The Bertz CT molecular complexity index is 744. The largest absolute Gasteiger partial charge is 0.415 e. The van der Waals surface area contributed by atoms with Gasteiger partial charge in [0.2, 0.25) is 10.0 Å². The summed E-state index contributed by atoms with van der Waals surface area (Å²) in [4.78, 5) is 17.3. The highest BCUT2D eigenvalue weighted by molar-refractivity contribution is 7.90. The van der Waals surface area contributed by atoms with Crippen molar-refractivity contribution in [3.05, 3.63) is 47.7 Å². The number of amides is 1. The third-order valence-electron chi connectivity index (χ3n) is 4.34. The lowest BCUT2D eigenvalue weighted by atomic mass is 9.88. The average molecular weight is 367 g/mol. The fourth-order valence-corrected chi connectivity index (χ4v) is 3.32. The van der Waals surface area contributed by atoms with Crippen molar-refractivity contribution < 1.29 is 18.0 Å². The second-order valence-electron chi connectivity index (χ2n) is 6.38. The Kier molecular flexibility index (Phi) is 5.87. The molecule has 7 nitrogen and oxygen atoms in total. The predicted octanol–water partition coefficient (Wildman–Crippen LogP) is 1.11. The molecule has 25 heavy (non-hydrogen) atoms. The van der Waals surface area contributed by atoms with Crippen LogP contribution in [0.4, 0.5) is 0 Å². The number of carbonyl (C=O) groups excluding carboxylic acids is 1. The molecule has 2 unspecified atom stereocenters. The second kappa shape index (κ2) is 7.55. The molecular weight excluding hydrogens is 342 g/mol. The Morgan fingerprint density at radius 3 is 2.36 bits per heavy atom. The Morgan fingerprint density at radius 1 is 1.24 bits per heavy atom. The summed E-state index contributed by atoms with van der Waals surface area (Å²) in [6.45, 7) is 5.55. The maximum Gasteiger partial charge on any atom is 0.252 e. The van der Waals surface area contributed by atoms with Crippen molar-refractivity contribution in [1.82, 2.24) is 15.5 Å². The normalized spacial score (nSPS) is 21.2. The van der Waals surface area contributed by atoms with Gasteiger partial charge >= 0.3 is 0 Å². The molecule has 0 aliphatic carbocycles. The van der Waals surface area contributed by atoms with Gasteiger partial charge in [0, 0.05) is 13.6 Å². The summed E-state index contributed by atoms with van der Waals surface area (Å²) in [5, 5.41) is 2.16. The molecule has 1 aliphatic heterocycles. The molecule has 0 saturated heterocycles. The fourth-order valence-electron chi connectivity index (χ4n) is 2.50. The predicted molar refractivity (Wildman–Crippen MR) is 96.0 cm³/mol. The van der Waals surface area contributed by atoms with E-state index >= 15 is 0 Å². The molecule has 2 rings (SSSR count). The lowest BCUT2D eigenvalue weighted by molar-refractivity contribution is -0.128. The Balaban J connectivity index is 2.14. The topological polar surface area (TPSA) is 96.5 Å². The fraction of sp³-hybridized carbons (Fsp3) is 0.471. The van der Waals surface area contributed by atoms with Gasteiger partial charge in [0.15, 0.2) is 5.54 Å². The van der Waals surface area contributed by atoms with Crippen LogP contribution in [0.2, 0.25) is 0 Å². The number of hydrogen-bond donors (Lipinski definition) is 3. The third-order valence-corrected chi connectivity index (χ3v) is 6.15. The molecule has 0 aromatic heterocycles. The van der Waals surface area contributed by atoms with Gasteiger partial charge in [-0.3, -0.25) is 4.79 Å². The van der Waals surface area contributed by atoms with Gasteiger partial charge in [-0.25, -0.2) is 13.1 Å². The molecule has 1 amide bonds. The minimum Gasteiger partial charge on any atom is -0.415 e. The molecule has 138 valence electrons.